The quantitative estimate of drug-likeness (QED) is 0.918. The predicted octanol–water partition coefficient (Wildman–Crippen LogP) is 2.62. The molecule has 5 atom stereocenters. The average molecular weight is 271 g/mol. The van der Waals surface area contributed by atoms with Crippen molar-refractivity contribution < 1.29 is 9.90 Å². The van der Waals surface area contributed by atoms with E-state index in [-0.39, 0.29) is 6.04 Å². The summed E-state index contributed by atoms with van der Waals surface area (Å²) in [4.78, 5) is 14.0. The monoisotopic (exact) mass is 271 g/mol. The molecule has 0 spiro atoms. The Kier molecular flexibility index (Phi) is 2.84. The zero-order chi connectivity index (χ0) is 13.7. The van der Waals surface area contributed by atoms with Crippen molar-refractivity contribution in [2.75, 3.05) is 6.54 Å². The average Bonchev–Trinajstić information content (AvgIpc) is 3.09. The highest BCUT2D eigenvalue weighted by atomic mass is 16.4. The summed E-state index contributed by atoms with van der Waals surface area (Å²) in [6.07, 6.45) is 3.88. The second-order valence-electron chi connectivity index (χ2n) is 6.77. The van der Waals surface area contributed by atoms with Gasteiger partial charge in [-0.25, -0.2) is 0 Å². The number of carbonyl (C=O) groups is 1. The number of fused-ring (bicyclic) bond motifs is 5. The Hall–Kier alpha value is -1.35. The third kappa shape index (κ3) is 1.80. The summed E-state index contributed by atoms with van der Waals surface area (Å²) in [6.45, 7) is 1.77. The molecule has 106 valence electrons. The number of hydrogen-bond acceptors (Lipinski definition) is 2. The largest absolute Gasteiger partial charge is 0.480 e. The summed E-state index contributed by atoms with van der Waals surface area (Å²) < 4.78 is 0. The molecule has 1 aromatic carbocycles. The minimum absolute atomic E-state index is 0.254. The van der Waals surface area contributed by atoms with Crippen molar-refractivity contribution in [3.05, 3.63) is 35.9 Å². The Morgan fingerprint density at radius 3 is 2.70 bits per heavy atom. The minimum Gasteiger partial charge on any atom is -0.480 e. The maximum Gasteiger partial charge on any atom is 0.321 e. The molecule has 4 rings (SSSR count). The number of aliphatic carboxylic acids is 1. The molecule has 2 bridgehead atoms. The third-order valence-electron chi connectivity index (χ3n) is 5.84. The molecule has 3 aliphatic rings. The predicted molar refractivity (Wildman–Crippen MR) is 76.1 cm³/mol. The van der Waals surface area contributed by atoms with Crippen molar-refractivity contribution in [3.63, 3.8) is 0 Å². The van der Waals surface area contributed by atoms with Crippen LogP contribution in [-0.4, -0.2) is 28.6 Å². The summed E-state index contributed by atoms with van der Waals surface area (Å²) in [6, 6.07) is 10.0. The molecule has 0 aromatic heterocycles. The van der Waals surface area contributed by atoms with Gasteiger partial charge in [0, 0.05) is 13.1 Å². The van der Waals surface area contributed by atoms with Gasteiger partial charge in [-0.1, -0.05) is 30.3 Å². The van der Waals surface area contributed by atoms with E-state index < -0.39 is 5.97 Å². The summed E-state index contributed by atoms with van der Waals surface area (Å²) in [5, 5.41) is 9.70. The lowest BCUT2D eigenvalue weighted by atomic mass is 9.78. The molecule has 3 heteroatoms. The van der Waals surface area contributed by atoms with E-state index in [0.29, 0.717) is 17.8 Å². The normalized spacial score (nSPS) is 39.1. The standard InChI is InChI=1S/C17H21NO2/c19-17(20)16-15-13-7-6-12(8-13)14(15)10-18(16)9-11-4-2-1-3-5-11/h1-5,12-16H,6-10H2,(H,19,20)/t12-,13+,14+,15-,16-/m1/s1. The van der Waals surface area contributed by atoms with Crippen molar-refractivity contribution in [2.45, 2.75) is 31.8 Å². The first kappa shape index (κ1) is 12.4. The first-order valence-corrected chi connectivity index (χ1v) is 7.75. The van der Waals surface area contributed by atoms with Crippen LogP contribution >= 0.6 is 0 Å². The van der Waals surface area contributed by atoms with Crippen LogP contribution in [-0.2, 0) is 11.3 Å². The molecule has 1 saturated heterocycles. The molecule has 3 nitrogen and oxygen atoms in total. The number of carboxylic acids is 1. The Labute approximate surface area is 119 Å². The number of benzene rings is 1. The lowest BCUT2D eigenvalue weighted by Gasteiger charge is -2.28. The molecule has 2 saturated carbocycles. The van der Waals surface area contributed by atoms with Gasteiger partial charge in [-0.3, -0.25) is 9.69 Å². The van der Waals surface area contributed by atoms with Crippen LogP contribution in [0.1, 0.15) is 24.8 Å². The van der Waals surface area contributed by atoms with Gasteiger partial charge in [0.05, 0.1) is 0 Å². The van der Waals surface area contributed by atoms with Gasteiger partial charge in [-0.15, -0.1) is 0 Å². The number of rotatable bonds is 3. The van der Waals surface area contributed by atoms with Crippen LogP contribution in [0.3, 0.4) is 0 Å². The smallest absolute Gasteiger partial charge is 0.321 e. The van der Waals surface area contributed by atoms with Gasteiger partial charge >= 0.3 is 5.97 Å². The summed E-state index contributed by atoms with van der Waals surface area (Å²) in [5.41, 5.74) is 1.23. The Morgan fingerprint density at radius 1 is 1.20 bits per heavy atom. The number of hydrogen-bond donors (Lipinski definition) is 1. The second kappa shape index (κ2) is 4.59. The van der Waals surface area contributed by atoms with Gasteiger partial charge in [0.1, 0.15) is 6.04 Å². The molecule has 0 unspecified atom stereocenters. The zero-order valence-electron chi connectivity index (χ0n) is 11.6. The van der Waals surface area contributed by atoms with E-state index in [1.165, 1.54) is 24.8 Å². The lowest BCUT2D eigenvalue weighted by Crippen LogP contribution is -2.41. The first-order chi connectivity index (χ1) is 9.74. The van der Waals surface area contributed by atoms with Crippen LogP contribution in [0.5, 0.6) is 0 Å². The SMILES string of the molecule is O=C(O)[C@H]1[C@@H]2[C@H]3CC[C@H](C3)[C@@H]2CN1Cc1ccccc1. The van der Waals surface area contributed by atoms with E-state index in [0.717, 1.165) is 19.0 Å². The minimum atomic E-state index is -0.610. The highest BCUT2D eigenvalue weighted by molar-refractivity contribution is 5.74. The molecule has 1 N–H and O–H groups in total. The highest BCUT2D eigenvalue weighted by Gasteiger charge is 2.58. The summed E-state index contributed by atoms with van der Waals surface area (Å²) >= 11 is 0. The Morgan fingerprint density at radius 2 is 1.95 bits per heavy atom. The van der Waals surface area contributed by atoms with Gasteiger partial charge in [-0.2, -0.15) is 0 Å². The molecule has 1 aromatic rings. The van der Waals surface area contributed by atoms with Gasteiger partial charge in [0.2, 0.25) is 0 Å². The molecular weight excluding hydrogens is 250 g/mol. The fourth-order valence-corrected chi connectivity index (χ4v) is 5.15. The molecular formula is C17H21NO2. The van der Waals surface area contributed by atoms with E-state index in [1.807, 2.05) is 18.2 Å². The van der Waals surface area contributed by atoms with E-state index in [1.54, 1.807) is 0 Å². The second-order valence-corrected chi connectivity index (χ2v) is 6.77. The van der Waals surface area contributed by atoms with Crippen molar-refractivity contribution in [3.8, 4) is 0 Å². The topological polar surface area (TPSA) is 40.5 Å². The van der Waals surface area contributed by atoms with Gasteiger partial charge < -0.3 is 5.11 Å². The maximum absolute atomic E-state index is 11.8. The van der Waals surface area contributed by atoms with E-state index in [9.17, 15) is 9.90 Å². The zero-order valence-corrected chi connectivity index (χ0v) is 11.6. The van der Waals surface area contributed by atoms with Crippen molar-refractivity contribution in [2.24, 2.45) is 23.7 Å². The number of nitrogens with zero attached hydrogens (tertiary/aromatic N) is 1. The lowest BCUT2D eigenvalue weighted by molar-refractivity contribution is -0.144. The molecule has 0 amide bonds. The van der Waals surface area contributed by atoms with Crippen LogP contribution < -0.4 is 0 Å². The van der Waals surface area contributed by atoms with Crippen LogP contribution in [0, 0.1) is 23.7 Å². The van der Waals surface area contributed by atoms with Crippen LogP contribution in [0.25, 0.3) is 0 Å². The molecule has 20 heavy (non-hydrogen) atoms. The molecule has 1 heterocycles. The number of carboxylic acid groups (broad SMARTS) is 1. The maximum atomic E-state index is 11.8. The Balaban J connectivity index is 1.59. The first-order valence-electron chi connectivity index (χ1n) is 7.75. The highest BCUT2D eigenvalue weighted by Crippen LogP contribution is 2.57. The fourth-order valence-electron chi connectivity index (χ4n) is 5.15. The third-order valence-corrected chi connectivity index (χ3v) is 5.84. The van der Waals surface area contributed by atoms with Crippen LogP contribution in [0.4, 0.5) is 0 Å². The number of likely N-dealkylation sites (tertiary alicyclic amines) is 1. The van der Waals surface area contributed by atoms with Gasteiger partial charge in [0.15, 0.2) is 0 Å². The van der Waals surface area contributed by atoms with Gasteiger partial charge in [-0.05, 0) is 48.5 Å². The molecule has 2 aliphatic carbocycles. The van der Waals surface area contributed by atoms with E-state index in [4.69, 9.17) is 0 Å². The van der Waals surface area contributed by atoms with Crippen LogP contribution in [0.15, 0.2) is 30.3 Å². The van der Waals surface area contributed by atoms with Crippen molar-refractivity contribution >= 4 is 5.97 Å². The molecule has 3 fully saturated rings. The molecule has 0 radical (unpaired) electrons. The fraction of sp³-hybridized carbons (Fsp3) is 0.588. The Bertz CT molecular complexity index is 515. The van der Waals surface area contributed by atoms with E-state index in [2.05, 4.69) is 17.0 Å². The summed E-state index contributed by atoms with van der Waals surface area (Å²) in [5.74, 6) is 1.91. The van der Waals surface area contributed by atoms with Gasteiger partial charge in [0.25, 0.3) is 0 Å². The summed E-state index contributed by atoms with van der Waals surface area (Å²) in [7, 11) is 0. The van der Waals surface area contributed by atoms with Crippen molar-refractivity contribution in [1.29, 1.82) is 0 Å². The van der Waals surface area contributed by atoms with Crippen molar-refractivity contribution in [1.82, 2.24) is 4.90 Å². The van der Waals surface area contributed by atoms with E-state index >= 15 is 0 Å². The molecule has 1 aliphatic heterocycles. The van der Waals surface area contributed by atoms with Crippen LogP contribution in [0.2, 0.25) is 0 Å².